The minimum atomic E-state index is -3.81. The van der Waals surface area contributed by atoms with Crippen LogP contribution < -0.4 is 0 Å². The number of halogens is 1. The largest absolute Gasteiger partial charge is 0.266 e. The molecular weight excluding hydrogens is 262 g/mol. The molecule has 0 radical (unpaired) electrons. The fourth-order valence-electron chi connectivity index (χ4n) is 1.41. The van der Waals surface area contributed by atoms with Crippen molar-refractivity contribution >= 4 is 25.4 Å². The molecule has 2 aromatic rings. The maximum Gasteiger partial charge on any atom is 0.266 e. The van der Waals surface area contributed by atoms with E-state index >= 15 is 0 Å². The number of hydrogen-bond donors (Lipinski definition) is 0. The highest BCUT2D eigenvalue weighted by atomic mass is 35.7. The topological polar surface area (TPSA) is 64.3 Å². The third kappa shape index (κ3) is 2.28. The second kappa shape index (κ2) is 3.68. The van der Waals surface area contributed by atoms with Gasteiger partial charge in [0, 0.05) is 23.1 Å². The van der Waals surface area contributed by atoms with Gasteiger partial charge in [0.15, 0.2) is 5.65 Å². The summed E-state index contributed by atoms with van der Waals surface area (Å²) < 4.78 is 24.0. The average Bonchev–Trinajstić information content (AvgIpc) is 2.57. The van der Waals surface area contributed by atoms with Gasteiger partial charge in [0.25, 0.3) is 9.05 Å². The van der Waals surface area contributed by atoms with Gasteiger partial charge in [0.05, 0.1) is 6.20 Å². The van der Waals surface area contributed by atoms with Gasteiger partial charge in [-0.3, -0.25) is 0 Å². The van der Waals surface area contributed by atoms with Crippen molar-refractivity contribution in [3.63, 3.8) is 0 Å². The zero-order chi connectivity index (χ0) is 12.8. The predicted molar refractivity (Wildman–Crippen MR) is 64.7 cm³/mol. The zero-order valence-electron chi connectivity index (χ0n) is 9.68. The molecule has 0 aliphatic carbocycles. The molecule has 0 saturated heterocycles. The molecule has 0 unspecified atom stereocenters. The maximum absolute atomic E-state index is 11.3. The summed E-state index contributed by atoms with van der Waals surface area (Å²) in [5, 5.41) is 3.95. The molecule has 0 fully saturated rings. The van der Waals surface area contributed by atoms with Crippen molar-refractivity contribution in [2.45, 2.75) is 31.1 Å². The summed E-state index contributed by atoms with van der Waals surface area (Å²) in [6, 6.07) is 0. The van der Waals surface area contributed by atoms with Gasteiger partial charge in [-0.05, 0) is 11.0 Å². The number of rotatable bonds is 1. The summed E-state index contributed by atoms with van der Waals surface area (Å²) in [6.07, 6.45) is 4.60. The molecule has 5 nitrogen and oxygen atoms in total. The van der Waals surface area contributed by atoms with E-state index in [1.54, 1.807) is 12.4 Å². The first-order chi connectivity index (χ1) is 7.69. The van der Waals surface area contributed by atoms with E-state index in [0.29, 0.717) is 0 Å². The first kappa shape index (κ1) is 12.3. The molecular formula is C10H12ClN3O2S. The van der Waals surface area contributed by atoms with Crippen LogP contribution in [0.5, 0.6) is 0 Å². The van der Waals surface area contributed by atoms with Crippen LogP contribution in [0.3, 0.4) is 0 Å². The Bertz CT molecular complexity index is 670. The van der Waals surface area contributed by atoms with Crippen molar-refractivity contribution in [2.24, 2.45) is 0 Å². The minimum Gasteiger partial charge on any atom is -0.236 e. The molecule has 7 heteroatoms. The summed E-state index contributed by atoms with van der Waals surface area (Å²) in [5.74, 6) is 0. The van der Waals surface area contributed by atoms with Crippen molar-refractivity contribution < 1.29 is 8.42 Å². The summed E-state index contributed by atoms with van der Waals surface area (Å²) in [6.45, 7) is 6.12. The Hall–Kier alpha value is -1.14. The lowest BCUT2D eigenvalue weighted by molar-refractivity contribution is 0.581. The fourth-order valence-corrected chi connectivity index (χ4v) is 2.28. The van der Waals surface area contributed by atoms with Crippen molar-refractivity contribution in [1.82, 2.24) is 14.6 Å². The third-order valence-electron chi connectivity index (χ3n) is 2.45. The molecule has 0 aromatic carbocycles. The van der Waals surface area contributed by atoms with Crippen LogP contribution in [0.1, 0.15) is 26.3 Å². The van der Waals surface area contributed by atoms with Gasteiger partial charge in [0.1, 0.15) is 4.90 Å². The van der Waals surface area contributed by atoms with Crippen molar-refractivity contribution in [2.75, 3.05) is 0 Å². The summed E-state index contributed by atoms with van der Waals surface area (Å²) in [4.78, 5) is 4.04. The predicted octanol–water partition coefficient (Wildman–Crippen LogP) is 1.95. The van der Waals surface area contributed by atoms with Crippen LogP contribution in [0.4, 0.5) is 0 Å². The molecule has 0 N–H and O–H groups in total. The summed E-state index contributed by atoms with van der Waals surface area (Å²) in [5.41, 5.74) is 1.13. The fraction of sp³-hybridized carbons (Fsp3) is 0.400. The van der Waals surface area contributed by atoms with Crippen LogP contribution in [-0.4, -0.2) is 23.0 Å². The van der Waals surface area contributed by atoms with Gasteiger partial charge in [0.2, 0.25) is 0 Å². The van der Waals surface area contributed by atoms with Gasteiger partial charge in [-0.2, -0.15) is 5.10 Å². The lowest BCUT2D eigenvalue weighted by Crippen LogP contribution is -2.13. The molecule has 0 aliphatic heterocycles. The lowest BCUT2D eigenvalue weighted by atomic mass is 9.89. The highest BCUT2D eigenvalue weighted by Crippen LogP contribution is 2.24. The number of nitrogens with zero attached hydrogens (tertiary/aromatic N) is 3. The number of fused-ring (bicyclic) bond motifs is 1. The normalized spacial score (nSPS) is 13.2. The second-order valence-electron chi connectivity index (χ2n) is 4.81. The maximum atomic E-state index is 11.3. The second-order valence-corrected chi connectivity index (χ2v) is 7.34. The SMILES string of the molecule is CC(C)(C)c1cnc2c(S(=O)(=O)Cl)cnn2c1. The zero-order valence-corrected chi connectivity index (χ0v) is 11.2. The average molecular weight is 274 g/mol. The molecule has 0 bridgehead atoms. The van der Waals surface area contributed by atoms with Crippen molar-refractivity contribution in [3.8, 4) is 0 Å². The highest BCUT2D eigenvalue weighted by Gasteiger charge is 2.20. The Balaban J connectivity index is 2.69. The van der Waals surface area contributed by atoms with Crippen LogP contribution in [0.25, 0.3) is 5.65 Å². The smallest absolute Gasteiger partial charge is 0.236 e. The third-order valence-corrected chi connectivity index (χ3v) is 3.76. The van der Waals surface area contributed by atoms with Gasteiger partial charge < -0.3 is 0 Å². The van der Waals surface area contributed by atoms with Crippen molar-refractivity contribution in [3.05, 3.63) is 24.2 Å². The van der Waals surface area contributed by atoms with Crippen LogP contribution in [0.2, 0.25) is 0 Å². The van der Waals surface area contributed by atoms with Crippen molar-refractivity contribution in [1.29, 1.82) is 0 Å². The lowest BCUT2D eigenvalue weighted by Gasteiger charge is -2.17. The number of aromatic nitrogens is 3. The van der Waals surface area contributed by atoms with E-state index in [2.05, 4.69) is 10.1 Å². The first-order valence-corrected chi connectivity index (χ1v) is 7.29. The Morgan fingerprint density at radius 3 is 2.47 bits per heavy atom. The van der Waals surface area contributed by atoms with Gasteiger partial charge in [-0.25, -0.2) is 17.9 Å². The molecule has 92 valence electrons. The molecule has 2 heterocycles. The highest BCUT2D eigenvalue weighted by molar-refractivity contribution is 8.13. The quantitative estimate of drug-likeness (QED) is 0.745. The van der Waals surface area contributed by atoms with E-state index in [1.165, 1.54) is 10.7 Å². The Kier molecular flexibility index (Phi) is 2.67. The molecule has 0 aliphatic rings. The molecule has 0 atom stereocenters. The first-order valence-electron chi connectivity index (χ1n) is 4.98. The van der Waals surface area contributed by atoms with E-state index in [1.807, 2.05) is 20.8 Å². The Morgan fingerprint density at radius 1 is 1.29 bits per heavy atom. The summed E-state index contributed by atoms with van der Waals surface area (Å²) in [7, 11) is 1.48. The molecule has 17 heavy (non-hydrogen) atoms. The van der Waals surface area contributed by atoms with Crippen LogP contribution in [0, 0.1) is 0 Å². The minimum absolute atomic E-state index is 0.0698. The molecule has 0 spiro atoms. The van der Waals surface area contributed by atoms with Crippen LogP contribution in [0.15, 0.2) is 23.5 Å². The molecule has 2 rings (SSSR count). The standard InChI is InChI=1S/C10H12ClN3O2S/c1-10(2,3)7-4-12-9-8(17(11,15)16)5-13-14(9)6-7/h4-6H,1-3H3. The van der Waals surface area contributed by atoms with Gasteiger partial charge in [-0.1, -0.05) is 20.8 Å². The van der Waals surface area contributed by atoms with E-state index in [0.717, 1.165) is 5.56 Å². The van der Waals surface area contributed by atoms with E-state index < -0.39 is 9.05 Å². The van der Waals surface area contributed by atoms with Gasteiger partial charge in [-0.15, -0.1) is 0 Å². The van der Waals surface area contributed by atoms with E-state index in [9.17, 15) is 8.42 Å². The molecule has 2 aromatic heterocycles. The van der Waals surface area contributed by atoms with E-state index in [-0.39, 0.29) is 16.0 Å². The van der Waals surface area contributed by atoms with E-state index in [4.69, 9.17) is 10.7 Å². The summed E-state index contributed by atoms with van der Waals surface area (Å²) >= 11 is 0. The van der Waals surface area contributed by atoms with Gasteiger partial charge >= 0.3 is 0 Å². The Labute approximate surface area is 104 Å². The molecule has 0 amide bonds. The van der Waals surface area contributed by atoms with Crippen LogP contribution >= 0.6 is 10.7 Å². The van der Waals surface area contributed by atoms with Crippen LogP contribution in [-0.2, 0) is 14.5 Å². The monoisotopic (exact) mass is 273 g/mol. The Morgan fingerprint density at radius 2 is 1.94 bits per heavy atom. The number of hydrogen-bond acceptors (Lipinski definition) is 4. The molecule has 0 saturated carbocycles.